The summed E-state index contributed by atoms with van der Waals surface area (Å²) in [5.41, 5.74) is 0.114. The number of benzene rings is 2. The first-order chi connectivity index (χ1) is 18.0. The van der Waals surface area contributed by atoms with Crippen molar-refractivity contribution in [3.63, 3.8) is 0 Å². The molecule has 3 aromatic rings. The second-order valence-electron chi connectivity index (χ2n) is 10.1. The van der Waals surface area contributed by atoms with Gasteiger partial charge in [-0.25, -0.2) is 17.2 Å². The van der Waals surface area contributed by atoms with Crippen molar-refractivity contribution in [1.29, 1.82) is 0 Å². The molecule has 1 aromatic heterocycles. The van der Waals surface area contributed by atoms with Crippen LogP contribution in [0.3, 0.4) is 0 Å². The van der Waals surface area contributed by atoms with Gasteiger partial charge in [-0.15, -0.1) is 0 Å². The molecule has 0 saturated heterocycles. The first kappa shape index (κ1) is 28.6. The Hall–Kier alpha value is -3.41. The second kappa shape index (κ2) is 9.96. The third kappa shape index (κ3) is 5.66. The van der Waals surface area contributed by atoms with Crippen LogP contribution in [-0.4, -0.2) is 41.9 Å². The highest BCUT2D eigenvalue weighted by atomic mass is 32.2. The summed E-state index contributed by atoms with van der Waals surface area (Å²) >= 11 is 0. The highest BCUT2D eigenvalue weighted by Gasteiger charge is 2.39. The summed E-state index contributed by atoms with van der Waals surface area (Å²) in [5, 5.41) is 25.7. The van der Waals surface area contributed by atoms with Crippen LogP contribution in [0.25, 0.3) is 0 Å². The molecule has 1 aliphatic rings. The molecular formula is C25H29F2N4O6PS. The molecule has 0 spiro atoms. The lowest BCUT2D eigenvalue weighted by Crippen LogP contribution is -2.26. The number of fused-ring (bicyclic) bond motifs is 1. The zero-order valence-electron chi connectivity index (χ0n) is 21.9. The van der Waals surface area contributed by atoms with Gasteiger partial charge in [0.2, 0.25) is 15.9 Å². The lowest BCUT2D eigenvalue weighted by Gasteiger charge is -2.25. The molecule has 1 unspecified atom stereocenters. The Morgan fingerprint density at radius 1 is 1.13 bits per heavy atom. The summed E-state index contributed by atoms with van der Waals surface area (Å²) in [6.45, 7) is 6.87. The van der Waals surface area contributed by atoms with Crippen molar-refractivity contribution >= 4 is 40.1 Å². The molecule has 0 amide bonds. The number of anilines is 2. The molecule has 2 heterocycles. The number of rotatable bonds is 7. The van der Waals surface area contributed by atoms with E-state index in [2.05, 4.69) is 14.8 Å². The van der Waals surface area contributed by atoms with Crippen molar-refractivity contribution in [2.75, 3.05) is 22.9 Å². The fourth-order valence-electron chi connectivity index (χ4n) is 4.42. The molecule has 4 N–H and O–H groups in total. The molecule has 1 atom stereocenters. The van der Waals surface area contributed by atoms with E-state index in [9.17, 15) is 32.0 Å². The van der Waals surface area contributed by atoms with Crippen LogP contribution in [0.4, 0.5) is 20.2 Å². The van der Waals surface area contributed by atoms with Crippen LogP contribution in [0.15, 0.2) is 41.2 Å². The third-order valence-electron chi connectivity index (χ3n) is 5.88. The van der Waals surface area contributed by atoms with Gasteiger partial charge in [-0.05, 0) is 42.8 Å². The maximum Gasteiger partial charge on any atom is 0.348 e. The Morgan fingerprint density at radius 2 is 1.82 bits per heavy atom. The molecule has 10 nitrogen and oxygen atoms in total. The molecule has 0 saturated carbocycles. The first-order valence-electron chi connectivity index (χ1n) is 11.9. The largest absolute Gasteiger partial charge is 0.505 e. The monoisotopic (exact) mass is 582 g/mol. The van der Waals surface area contributed by atoms with E-state index in [1.807, 2.05) is 0 Å². The minimum atomic E-state index is -4.01. The zero-order valence-corrected chi connectivity index (χ0v) is 23.6. The van der Waals surface area contributed by atoms with Gasteiger partial charge < -0.3 is 24.6 Å². The average molecular weight is 583 g/mol. The highest BCUT2D eigenvalue weighted by molar-refractivity contribution is 7.92. The van der Waals surface area contributed by atoms with Gasteiger partial charge in [0.1, 0.15) is 5.56 Å². The maximum absolute atomic E-state index is 14.0. The van der Waals surface area contributed by atoms with E-state index in [1.165, 1.54) is 28.8 Å². The van der Waals surface area contributed by atoms with Gasteiger partial charge in [-0.2, -0.15) is 4.76 Å². The topological polar surface area (TPSA) is 142 Å². The summed E-state index contributed by atoms with van der Waals surface area (Å²) in [7, 11) is -7.63. The van der Waals surface area contributed by atoms with Crippen LogP contribution in [0, 0.1) is 11.6 Å². The van der Waals surface area contributed by atoms with Crippen molar-refractivity contribution in [3.8, 4) is 11.6 Å². The van der Waals surface area contributed by atoms with Gasteiger partial charge in [-0.3, -0.25) is 9.29 Å². The molecular weight excluding hydrogens is 553 g/mol. The molecule has 0 fully saturated rings. The van der Waals surface area contributed by atoms with Gasteiger partial charge in [0.05, 0.1) is 36.1 Å². The quantitative estimate of drug-likeness (QED) is 0.298. The number of sulfonamides is 1. The zero-order chi connectivity index (χ0) is 28.9. The van der Waals surface area contributed by atoms with E-state index in [-0.39, 0.29) is 52.7 Å². The average Bonchev–Trinajstić information content (AvgIpc) is 3.05. The molecule has 210 valence electrons. The number of nitrogens with zero attached hydrogens (tertiary/aromatic N) is 2. The smallest absolute Gasteiger partial charge is 0.348 e. The molecule has 4 rings (SSSR count). The third-order valence-corrected chi connectivity index (χ3v) is 8.53. The van der Waals surface area contributed by atoms with Crippen molar-refractivity contribution in [1.82, 2.24) is 4.57 Å². The van der Waals surface area contributed by atoms with E-state index < -0.39 is 40.5 Å². The summed E-state index contributed by atoms with van der Waals surface area (Å²) in [6, 6.07) is 7.59. The van der Waals surface area contributed by atoms with Crippen LogP contribution in [0.5, 0.6) is 11.6 Å². The van der Waals surface area contributed by atoms with E-state index in [4.69, 9.17) is 4.52 Å². The van der Waals surface area contributed by atoms with Crippen molar-refractivity contribution < 1.29 is 36.5 Å². The fraction of sp³-hybridized carbons (Fsp3) is 0.320. The number of amidine groups is 1. The van der Waals surface area contributed by atoms with E-state index in [0.29, 0.717) is 5.56 Å². The Bertz CT molecular complexity index is 1650. The van der Waals surface area contributed by atoms with Crippen LogP contribution in [-0.2, 0) is 31.1 Å². The standard InChI is InChI=1S/C25H29F2N4O6PS/c1-6-37-38(34)19-12-15(30-39(5,35)36)8-10-18(19)28-23(29-38)20-21(32)22(25(2,3)4)31(24(20)33)13-14-7-9-16(26)17(27)11-14/h7-12,30,32-33H,6,13H2,1-5H3,(H,28,29,34). The Balaban J connectivity index is 1.88. The minimum absolute atomic E-state index is 0.000418. The van der Waals surface area contributed by atoms with Crippen LogP contribution < -0.4 is 15.3 Å². The van der Waals surface area contributed by atoms with Gasteiger partial charge in [0, 0.05) is 11.1 Å². The van der Waals surface area contributed by atoms with Crippen molar-refractivity contribution in [2.24, 2.45) is 4.76 Å². The predicted octanol–water partition coefficient (Wildman–Crippen LogP) is 4.62. The Labute approximate surface area is 224 Å². The molecule has 0 aliphatic carbocycles. The highest BCUT2D eigenvalue weighted by Crippen LogP contribution is 2.54. The Morgan fingerprint density at radius 3 is 2.41 bits per heavy atom. The summed E-state index contributed by atoms with van der Waals surface area (Å²) < 4.78 is 78.2. The SMILES string of the molecule is CCOP1(=O)N=C(c2c(O)c(C(C)(C)C)n(Cc3ccc(F)c(F)c3)c2O)Nc2ccc(NS(C)(=O)=O)cc21. The van der Waals surface area contributed by atoms with Crippen LogP contribution >= 0.6 is 7.52 Å². The number of aromatic nitrogens is 1. The fourth-order valence-corrected chi connectivity index (χ4v) is 6.78. The van der Waals surface area contributed by atoms with Gasteiger partial charge >= 0.3 is 7.52 Å². The first-order valence-corrected chi connectivity index (χ1v) is 15.3. The lowest BCUT2D eigenvalue weighted by molar-refractivity contribution is 0.341. The van der Waals surface area contributed by atoms with Gasteiger partial charge in [0.25, 0.3) is 0 Å². The van der Waals surface area contributed by atoms with E-state index in [1.54, 1.807) is 27.7 Å². The molecule has 1 aliphatic heterocycles. The normalized spacial score (nSPS) is 17.4. The molecule has 14 heteroatoms. The lowest BCUT2D eigenvalue weighted by atomic mass is 9.91. The summed E-state index contributed by atoms with van der Waals surface area (Å²) in [5.74, 6) is -3.02. The number of aromatic hydroxyl groups is 2. The number of halogens is 2. The van der Waals surface area contributed by atoms with Crippen molar-refractivity contribution in [3.05, 3.63) is 64.9 Å². The van der Waals surface area contributed by atoms with Gasteiger partial charge in [0.15, 0.2) is 23.2 Å². The van der Waals surface area contributed by atoms with Crippen LogP contribution in [0.2, 0.25) is 0 Å². The van der Waals surface area contributed by atoms with Crippen molar-refractivity contribution in [2.45, 2.75) is 39.7 Å². The Kier molecular flexibility index (Phi) is 7.30. The minimum Gasteiger partial charge on any atom is -0.505 e. The van der Waals surface area contributed by atoms with E-state index >= 15 is 0 Å². The maximum atomic E-state index is 14.0. The molecule has 2 aromatic carbocycles. The molecule has 0 radical (unpaired) electrons. The van der Waals surface area contributed by atoms with E-state index in [0.717, 1.165) is 18.4 Å². The number of hydrogen-bond acceptors (Lipinski definition) is 7. The van der Waals surface area contributed by atoms with Gasteiger partial charge in [-0.1, -0.05) is 26.8 Å². The predicted molar refractivity (Wildman–Crippen MR) is 146 cm³/mol. The number of hydrogen-bond donors (Lipinski definition) is 4. The molecule has 0 bridgehead atoms. The summed E-state index contributed by atoms with van der Waals surface area (Å²) in [4.78, 5) is 0. The number of nitrogens with one attached hydrogen (secondary N) is 2. The summed E-state index contributed by atoms with van der Waals surface area (Å²) in [6.07, 6.45) is 0.979. The second-order valence-corrected chi connectivity index (χ2v) is 13.8. The molecule has 39 heavy (non-hydrogen) atoms. The van der Waals surface area contributed by atoms with Crippen LogP contribution in [0.1, 0.15) is 44.5 Å².